The lowest BCUT2D eigenvalue weighted by molar-refractivity contribution is 0.0272. The van der Waals surface area contributed by atoms with Crippen molar-refractivity contribution in [3.63, 3.8) is 0 Å². The summed E-state index contributed by atoms with van der Waals surface area (Å²) in [6.45, 7) is 10.6. The molecule has 31 heavy (non-hydrogen) atoms. The lowest BCUT2D eigenvalue weighted by atomic mass is 10.1. The van der Waals surface area contributed by atoms with Crippen LogP contribution in [0, 0.1) is 0 Å². The Morgan fingerprint density at radius 1 is 1.29 bits per heavy atom. The van der Waals surface area contributed by atoms with Crippen molar-refractivity contribution in [1.29, 1.82) is 0 Å². The molecule has 1 fully saturated rings. The van der Waals surface area contributed by atoms with Gasteiger partial charge in [-0.25, -0.2) is 4.79 Å². The number of carbonyl (C=O) groups excluding carboxylic acids is 1. The van der Waals surface area contributed by atoms with Crippen molar-refractivity contribution in [1.82, 2.24) is 9.55 Å². The molecule has 0 saturated carbocycles. The standard InChI is InChI=1S/C22H31N3O4SSi/c1-14-17(26)18(29-31(5,6)22(2,3)4)20(30-14)25-13-12-16(24-21(25)28)23-19(27)15-10-8-7-9-11-15/h7-14,17-18,20,26H,1-6H3,(H,23,24,27,28)/t14-,17-,18-,20-/m1/s1/i1D. The van der Waals surface area contributed by atoms with E-state index in [0.29, 0.717) is 5.56 Å². The summed E-state index contributed by atoms with van der Waals surface area (Å²) in [4.78, 5) is 29.3. The van der Waals surface area contributed by atoms with Gasteiger partial charge < -0.3 is 14.8 Å². The van der Waals surface area contributed by atoms with E-state index in [1.54, 1.807) is 36.5 Å². The zero-order valence-electron chi connectivity index (χ0n) is 19.5. The fourth-order valence-corrected chi connectivity index (χ4v) is 5.78. The van der Waals surface area contributed by atoms with E-state index in [2.05, 4.69) is 44.2 Å². The molecule has 7 nitrogen and oxygen atoms in total. The number of nitrogens with one attached hydrogen (secondary N) is 1. The average molecular weight is 463 g/mol. The third kappa shape index (κ3) is 5.11. The number of hydrogen-bond donors (Lipinski definition) is 2. The van der Waals surface area contributed by atoms with Crippen LogP contribution in [0.3, 0.4) is 0 Å². The van der Waals surface area contributed by atoms with Crippen LogP contribution in [0.5, 0.6) is 0 Å². The van der Waals surface area contributed by atoms with Crippen LogP contribution in [0.4, 0.5) is 5.82 Å². The summed E-state index contributed by atoms with van der Waals surface area (Å²) >= 11 is 1.36. The monoisotopic (exact) mass is 462 g/mol. The van der Waals surface area contributed by atoms with Gasteiger partial charge in [-0.05, 0) is 36.3 Å². The zero-order valence-corrected chi connectivity index (χ0v) is 20.3. The van der Waals surface area contributed by atoms with Gasteiger partial charge in [-0.2, -0.15) is 4.98 Å². The smallest absolute Gasteiger partial charge is 0.350 e. The first-order chi connectivity index (χ1) is 14.9. The maximum absolute atomic E-state index is 12.9. The molecule has 2 aromatic rings. The SMILES string of the molecule is [2H]C[C@H]1S[C@@H](n2ccc(NC(=O)c3ccccc3)nc2=O)[C@H](O[Si](C)(C)C(C)(C)C)[C@@H]1O. The van der Waals surface area contributed by atoms with Crippen LogP contribution in [0.25, 0.3) is 0 Å². The Labute approximate surface area is 189 Å². The lowest BCUT2D eigenvalue weighted by Crippen LogP contribution is -2.49. The molecule has 0 bridgehead atoms. The zero-order chi connectivity index (χ0) is 23.7. The fourth-order valence-electron chi connectivity index (χ4n) is 3.04. The van der Waals surface area contributed by atoms with Gasteiger partial charge in [0.15, 0.2) is 8.32 Å². The minimum absolute atomic E-state index is 0.0209. The number of thioether (sulfide) groups is 1. The highest BCUT2D eigenvalue weighted by Crippen LogP contribution is 2.46. The fraction of sp³-hybridized carbons (Fsp3) is 0.500. The highest BCUT2D eigenvalue weighted by molar-refractivity contribution is 8.00. The molecular formula is C22H31N3O4SSi. The Bertz CT molecular complexity index is 1010. The van der Waals surface area contributed by atoms with E-state index in [4.69, 9.17) is 5.80 Å². The van der Waals surface area contributed by atoms with Crippen molar-refractivity contribution >= 4 is 31.8 Å². The summed E-state index contributed by atoms with van der Waals surface area (Å²) in [6.07, 6.45) is 0.0794. The lowest BCUT2D eigenvalue weighted by Gasteiger charge is -2.40. The molecule has 3 rings (SSSR count). The summed E-state index contributed by atoms with van der Waals surface area (Å²) < 4.78 is 15.7. The minimum atomic E-state index is -2.24. The van der Waals surface area contributed by atoms with Gasteiger partial charge in [0.2, 0.25) is 0 Å². The molecule has 0 unspecified atom stereocenters. The minimum Gasteiger partial charge on any atom is -0.408 e. The largest absolute Gasteiger partial charge is 0.408 e. The number of nitrogens with zero attached hydrogens (tertiary/aromatic N) is 2. The first-order valence-corrected chi connectivity index (χ1v) is 14.1. The molecule has 2 heterocycles. The molecular weight excluding hydrogens is 430 g/mol. The van der Waals surface area contributed by atoms with E-state index in [0.717, 1.165) is 0 Å². The van der Waals surface area contributed by atoms with Gasteiger partial charge >= 0.3 is 5.69 Å². The van der Waals surface area contributed by atoms with Crippen LogP contribution >= 0.6 is 11.8 Å². The van der Waals surface area contributed by atoms with Crippen molar-refractivity contribution in [3.8, 4) is 0 Å². The second-order valence-electron chi connectivity index (χ2n) is 9.22. The third-order valence-corrected chi connectivity index (χ3v) is 11.8. The molecule has 0 spiro atoms. The van der Waals surface area contributed by atoms with Gasteiger partial charge in [0.25, 0.3) is 5.91 Å². The molecule has 1 aliphatic heterocycles. The van der Waals surface area contributed by atoms with E-state index in [-0.39, 0.29) is 28.9 Å². The van der Waals surface area contributed by atoms with Gasteiger partial charge in [0, 0.05) is 18.4 Å². The van der Waals surface area contributed by atoms with E-state index in [1.165, 1.54) is 16.3 Å². The number of carbonyl (C=O) groups is 1. The van der Waals surface area contributed by atoms with Crippen molar-refractivity contribution in [3.05, 3.63) is 58.6 Å². The highest BCUT2D eigenvalue weighted by atomic mass is 32.2. The van der Waals surface area contributed by atoms with Crippen molar-refractivity contribution in [2.75, 3.05) is 5.32 Å². The third-order valence-electron chi connectivity index (χ3n) is 5.93. The van der Waals surface area contributed by atoms with Crippen molar-refractivity contribution < 1.29 is 15.7 Å². The van der Waals surface area contributed by atoms with Crippen LogP contribution in [0.1, 0.15) is 44.8 Å². The number of anilines is 1. The number of amides is 1. The molecule has 9 heteroatoms. The van der Waals surface area contributed by atoms with Gasteiger partial charge in [-0.1, -0.05) is 45.9 Å². The topological polar surface area (TPSA) is 93.5 Å². The molecule has 1 saturated heterocycles. The molecule has 4 atom stereocenters. The van der Waals surface area contributed by atoms with Gasteiger partial charge in [-0.3, -0.25) is 9.36 Å². The van der Waals surface area contributed by atoms with Gasteiger partial charge in [0.05, 0.1) is 6.10 Å². The number of benzene rings is 1. The summed E-state index contributed by atoms with van der Waals surface area (Å²) in [5, 5.41) is 12.6. The second kappa shape index (κ2) is 8.89. The van der Waals surface area contributed by atoms with Crippen molar-refractivity contribution in [2.45, 2.75) is 68.6 Å². The van der Waals surface area contributed by atoms with E-state index >= 15 is 0 Å². The maximum atomic E-state index is 12.9. The predicted octanol–water partition coefficient (Wildman–Crippen LogP) is 3.88. The second-order valence-corrected chi connectivity index (χ2v) is 15.3. The van der Waals surface area contributed by atoms with E-state index in [1.807, 2.05) is 6.07 Å². The molecule has 1 aromatic carbocycles. The average Bonchev–Trinajstić information content (AvgIpc) is 3.03. The molecule has 1 aromatic heterocycles. The summed E-state index contributed by atoms with van der Waals surface area (Å²) in [6, 6.07) is 10.2. The van der Waals surface area contributed by atoms with Crippen LogP contribution in [-0.4, -0.2) is 46.3 Å². The van der Waals surface area contributed by atoms with Crippen LogP contribution in [0.15, 0.2) is 47.4 Å². The Balaban J connectivity index is 1.86. The Kier molecular flexibility index (Phi) is 6.39. The van der Waals surface area contributed by atoms with E-state index < -0.39 is 31.6 Å². The first-order valence-electron chi connectivity index (χ1n) is 10.9. The van der Waals surface area contributed by atoms with Crippen LogP contribution in [0.2, 0.25) is 18.1 Å². The molecule has 1 aliphatic rings. The van der Waals surface area contributed by atoms with Gasteiger partial charge in [0.1, 0.15) is 17.3 Å². The summed E-state index contributed by atoms with van der Waals surface area (Å²) in [7, 11) is -2.24. The molecule has 1 amide bonds. The first kappa shape index (κ1) is 22.3. The van der Waals surface area contributed by atoms with Crippen molar-refractivity contribution in [2.24, 2.45) is 0 Å². The summed E-state index contributed by atoms with van der Waals surface area (Å²) in [5.74, 6) is -0.197. The van der Waals surface area contributed by atoms with Crippen LogP contribution in [-0.2, 0) is 4.43 Å². The van der Waals surface area contributed by atoms with E-state index in [9.17, 15) is 14.7 Å². The molecule has 2 N–H and O–H groups in total. The quantitative estimate of drug-likeness (QED) is 0.655. The Morgan fingerprint density at radius 2 is 1.97 bits per heavy atom. The Morgan fingerprint density at radius 3 is 2.55 bits per heavy atom. The maximum Gasteiger partial charge on any atom is 0.350 e. The molecule has 0 aliphatic carbocycles. The number of aromatic nitrogens is 2. The highest BCUT2D eigenvalue weighted by Gasteiger charge is 2.48. The molecule has 168 valence electrons. The Hall–Kier alpha value is -1.94. The molecule has 0 radical (unpaired) electrons. The number of aliphatic hydroxyl groups excluding tert-OH is 1. The number of rotatable bonds is 5. The number of aliphatic hydroxyl groups is 1. The van der Waals surface area contributed by atoms with Crippen LogP contribution < -0.4 is 11.0 Å². The predicted molar refractivity (Wildman–Crippen MR) is 127 cm³/mol. The summed E-state index contributed by atoms with van der Waals surface area (Å²) in [5.41, 5.74) is -0.0795. The normalized spacial score (nSPS) is 24.6. The number of hydrogen-bond acceptors (Lipinski definition) is 6. The van der Waals surface area contributed by atoms with Gasteiger partial charge in [-0.15, -0.1) is 11.8 Å².